The average molecular weight is 242 g/mol. The third kappa shape index (κ3) is 2.88. The predicted molar refractivity (Wildman–Crippen MR) is 68.5 cm³/mol. The normalized spacial score (nSPS) is 10.7. The molecular weight excluding hydrogens is 232 g/mol. The van der Waals surface area contributed by atoms with E-state index in [0.717, 1.165) is 11.1 Å². The van der Waals surface area contributed by atoms with E-state index in [1.165, 1.54) is 12.1 Å². The van der Waals surface area contributed by atoms with Crippen LogP contribution >= 0.6 is 0 Å². The number of hydrogen-bond acceptors (Lipinski definition) is 5. The van der Waals surface area contributed by atoms with E-state index in [0.29, 0.717) is 0 Å². The zero-order valence-electron chi connectivity index (χ0n) is 9.35. The van der Waals surface area contributed by atoms with Crippen molar-refractivity contribution in [1.29, 1.82) is 0 Å². The van der Waals surface area contributed by atoms with Gasteiger partial charge in [0.15, 0.2) is 0 Å². The largest absolute Gasteiger partial charge is 0.368 e. The fraction of sp³-hybridized carbons (Fsp3) is 0. The predicted octanol–water partition coefficient (Wildman–Crippen LogP) is 2.14. The van der Waals surface area contributed by atoms with Crippen LogP contribution in [-0.2, 0) is 0 Å². The van der Waals surface area contributed by atoms with Gasteiger partial charge in [-0.3, -0.25) is 10.1 Å². The summed E-state index contributed by atoms with van der Waals surface area (Å²) in [5.74, 6) is 0.211. The van der Waals surface area contributed by atoms with Gasteiger partial charge in [0, 0.05) is 30.1 Å². The summed E-state index contributed by atoms with van der Waals surface area (Å²) in [6.45, 7) is 0. The van der Waals surface area contributed by atoms with Crippen molar-refractivity contribution < 1.29 is 4.92 Å². The number of nitrogens with two attached hydrogens (primary N) is 1. The van der Waals surface area contributed by atoms with Crippen LogP contribution in [0.3, 0.4) is 0 Å². The van der Waals surface area contributed by atoms with E-state index in [1.807, 2.05) is 0 Å². The van der Waals surface area contributed by atoms with Crippen LogP contribution in [0.1, 0.15) is 11.1 Å². The Hall–Kier alpha value is -2.76. The van der Waals surface area contributed by atoms with Crippen LogP contribution in [0.15, 0.2) is 36.7 Å². The number of rotatable bonds is 3. The molecule has 0 aliphatic heterocycles. The molecule has 1 aromatic heterocycles. The molecule has 1 aromatic carbocycles. The van der Waals surface area contributed by atoms with Gasteiger partial charge in [0.25, 0.3) is 5.69 Å². The van der Waals surface area contributed by atoms with Crippen LogP contribution in [0.2, 0.25) is 0 Å². The molecule has 0 atom stereocenters. The summed E-state index contributed by atoms with van der Waals surface area (Å²) in [5.41, 5.74) is 6.94. The summed E-state index contributed by atoms with van der Waals surface area (Å²) in [7, 11) is 0. The van der Waals surface area contributed by atoms with E-state index >= 15 is 0 Å². The van der Waals surface area contributed by atoms with Gasteiger partial charge in [-0.05, 0) is 5.56 Å². The van der Waals surface area contributed by atoms with Gasteiger partial charge in [-0.25, -0.2) is 9.97 Å². The lowest BCUT2D eigenvalue weighted by Gasteiger charge is -1.95. The molecule has 2 rings (SSSR count). The van der Waals surface area contributed by atoms with Crippen LogP contribution < -0.4 is 5.73 Å². The first-order valence-corrected chi connectivity index (χ1v) is 5.15. The van der Waals surface area contributed by atoms with Crippen molar-refractivity contribution in [2.24, 2.45) is 0 Å². The first-order valence-electron chi connectivity index (χ1n) is 5.15. The fourth-order valence-corrected chi connectivity index (χ4v) is 1.37. The quantitative estimate of drug-likeness (QED) is 0.657. The SMILES string of the molecule is Nc1ncc(/C=C/c2cccc([N+](=O)[O-])c2)cn1. The van der Waals surface area contributed by atoms with Crippen LogP contribution in [0, 0.1) is 10.1 Å². The number of non-ortho nitro benzene ring substituents is 1. The molecular formula is C12H10N4O2. The average Bonchev–Trinajstić information content (AvgIpc) is 2.38. The molecule has 6 nitrogen and oxygen atoms in total. The molecule has 0 saturated carbocycles. The van der Waals surface area contributed by atoms with Gasteiger partial charge in [0.1, 0.15) is 0 Å². The summed E-state index contributed by atoms with van der Waals surface area (Å²) < 4.78 is 0. The summed E-state index contributed by atoms with van der Waals surface area (Å²) in [5, 5.41) is 10.6. The number of aromatic nitrogens is 2. The Kier molecular flexibility index (Phi) is 3.29. The lowest BCUT2D eigenvalue weighted by molar-refractivity contribution is -0.384. The molecule has 0 amide bonds. The molecule has 0 unspecified atom stereocenters. The van der Waals surface area contributed by atoms with Crippen molar-refractivity contribution in [2.45, 2.75) is 0 Å². The maximum atomic E-state index is 10.6. The lowest BCUT2D eigenvalue weighted by atomic mass is 10.1. The van der Waals surface area contributed by atoms with Crippen molar-refractivity contribution in [2.75, 3.05) is 5.73 Å². The molecule has 1 heterocycles. The second-order valence-corrected chi connectivity index (χ2v) is 3.56. The fourth-order valence-electron chi connectivity index (χ4n) is 1.37. The van der Waals surface area contributed by atoms with E-state index < -0.39 is 4.92 Å². The second kappa shape index (κ2) is 5.05. The van der Waals surface area contributed by atoms with Crippen molar-refractivity contribution in [1.82, 2.24) is 9.97 Å². The van der Waals surface area contributed by atoms with E-state index in [1.54, 1.807) is 36.7 Å². The Labute approximate surface area is 103 Å². The summed E-state index contributed by atoms with van der Waals surface area (Å²) in [6.07, 6.45) is 6.67. The molecule has 90 valence electrons. The molecule has 0 saturated heterocycles. The standard InChI is InChI=1S/C12H10N4O2/c13-12-14-7-10(8-15-12)5-4-9-2-1-3-11(6-9)16(17)18/h1-8H,(H2,13,14,15)/b5-4+. The number of hydrogen-bond donors (Lipinski definition) is 1. The van der Waals surface area contributed by atoms with Gasteiger partial charge in [-0.2, -0.15) is 0 Å². The number of nitrogens with zero attached hydrogens (tertiary/aromatic N) is 3. The first kappa shape index (κ1) is 11.7. The van der Waals surface area contributed by atoms with Crippen LogP contribution in [0.4, 0.5) is 11.6 Å². The van der Waals surface area contributed by atoms with E-state index in [4.69, 9.17) is 5.73 Å². The minimum atomic E-state index is -0.427. The molecule has 0 fully saturated rings. The van der Waals surface area contributed by atoms with Crippen LogP contribution in [0.5, 0.6) is 0 Å². The van der Waals surface area contributed by atoms with Crippen molar-refractivity contribution in [3.63, 3.8) is 0 Å². The third-order valence-corrected chi connectivity index (χ3v) is 2.24. The van der Waals surface area contributed by atoms with Gasteiger partial charge < -0.3 is 5.73 Å². The number of nitrogen functional groups attached to an aromatic ring is 1. The first-order chi connectivity index (χ1) is 8.65. The highest BCUT2D eigenvalue weighted by Gasteiger charge is 2.03. The summed E-state index contributed by atoms with van der Waals surface area (Å²) >= 11 is 0. The molecule has 0 aliphatic carbocycles. The monoisotopic (exact) mass is 242 g/mol. The summed E-state index contributed by atoms with van der Waals surface area (Å²) in [6, 6.07) is 6.36. The topological polar surface area (TPSA) is 94.9 Å². The molecule has 0 radical (unpaired) electrons. The highest BCUT2D eigenvalue weighted by Crippen LogP contribution is 2.15. The Morgan fingerprint density at radius 3 is 2.50 bits per heavy atom. The highest BCUT2D eigenvalue weighted by atomic mass is 16.6. The summed E-state index contributed by atoms with van der Waals surface area (Å²) in [4.78, 5) is 17.9. The van der Waals surface area contributed by atoms with Crippen molar-refractivity contribution in [3.8, 4) is 0 Å². The number of anilines is 1. The van der Waals surface area contributed by atoms with Gasteiger partial charge in [-0.1, -0.05) is 24.3 Å². The maximum absolute atomic E-state index is 10.6. The number of nitro groups is 1. The Morgan fingerprint density at radius 1 is 1.17 bits per heavy atom. The molecule has 2 aromatic rings. The van der Waals surface area contributed by atoms with Gasteiger partial charge >= 0.3 is 0 Å². The second-order valence-electron chi connectivity index (χ2n) is 3.56. The van der Waals surface area contributed by atoms with Gasteiger partial charge in [0.2, 0.25) is 5.95 Å². The van der Waals surface area contributed by atoms with E-state index in [9.17, 15) is 10.1 Å². The molecule has 6 heteroatoms. The Balaban J connectivity index is 2.20. The number of benzene rings is 1. The third-order valence-electron chi connectivity index (χ3n) is 2.24. The molecule has 18 heavy (non-hydrogen) atoms. The Bertz CT molecular complexity index is 593. The molecule has 2 N–H and O–H groups in total. The highest BCUT2D eigenvalue weighted by molar-refractivity contribution is 5.69. The van der Waals surface area contributed by atoms with E-state index in [2.05, 4.69) is 9.97 Å². The molecule has 0 bridgehead atoms. The minimum Gasteiger partial charge on any atom is -0.368 e. The molecule has 0 aliphatic rings. The zero-order valence-corrected chi connectivity index (χ0v) is 9.35. The lowest BCUT2D eigenvalue weighted by Crippen LogP contribution is -1.93. The van der Waals surface area contributed by atoms with Crippen molar-refractivity contribution >= 4 is 23.8 Å². The molecule has 0 spiro atoms. The maximum Gasteiger partial charge on any atom is 0.270 e. The zero-order chi connectivity index (χ0) is 13.0. The van der Waals surface area contributed by atoms with Gasteiger partial charge in [-0.15, -0.1) is 0 Å². The smallest absolute Gasteiger partial charge is 0.270 e. The number of nitro benzene ring substituents is 1. The van der Waals surface area contributed by atoms with Gasteiger partial charge in [0.05, 0.1) is 4.92 Å². The van der Waals surface area contributed by atoms with Crippen LogP contribution in [-0.4, -0.2) is 14.9 Å². The van der Waals surface area contributed by atoms with Crippen molar-refractivity contribution in [3.05, 3.63) is 57.9 Å². The van der Waals surface area contributed by atoms with E-state index in [-0.39, 0.29) is 11.6 Å². The Morgan fingerprint density at radius 2 is 1.83 bits per heavy atom. The minimum absolute atomic E-state index is 0.0608. The van der Waals surface area contributed by atoms with Crippen LogP contribution in [0.25, 0.3) is 12.2 Å².